The van der Waals surface area contributed by atoms with Crippen LogP contribution in [0.3, 0.4) is 0 Å². The molecule has 4 heteroatoms. The van der Waals surface area contributed by atoms with Gasteiger partial charge in [0.1, 0.15) is 0 Å². The SMILES string of the molecule is CCC(C)C(N)C(=O)Cc1cc(Br)cs1. The molecule has 0 saturated heterocycles. The highest BCUT2D eigenvalue weighted by molar-refractivity contribution is 9.10. The topological polar surface area (TPSA) is 43.1 Å². The van der Waals surface area contributed by atoms with Crippen molar-refractivity contribution in [1.29, 1.82) is 0 Å². The van der Waals surface area contributed by atoms with E-state index >= 15 is 0 Å². The summed E-state index contributed by atoms with van der Waals surface area (Å²) < 4.78 is 1.03. The Balaban J connectivity index is 2.55. The zero-order chi connectivity index (χ0) is 11.4. The van der Waals surface area contributed by atoms with Crippen LogP contribution in [-0.2, 0) is 11.2 Å². The Morgan fingerprint density at radius 2 is 2.33 bits per heavy atom. The highest BCUT2D eigenvalue weighted by atomic mass is 79.9. The van der Waals surface area contributed by atoms with Gasteiger partial charge in [-0.2, -0.15) is 0 Å². The van der Waals surface area contributed by atoms with Gasteiger partial charge in [0.2, 0.25) is 0 Å². The summed E-state index contributed by atoms with van der Waals surface area (Å²) in [5.74, 6) is 0.402. The minimum atomic E-state index is -0.323. The predicted molar refractivity (Wildman–Crippen MR) is 68.2 cm³/mol. The first-order chi connectivity index (χ1) is 7.04. The fourth-order valence-electron chi connectivity index (χ4n) is 1.31. The lowest BCUT2D eigenvalue weighted by Gasteiger charge is -2.16. The highest BCUT2D eigenvalue weighted by Gasteiger charge is 2.19. The van der Waals surface area contributed by atoms with E-state index in [4.69, 9.17) is 5.73 Å². The molecule has 0 bridgehead atoms. The predicted octanol–water partition coefficient (Wildman–Crippen LogP) is 3.00. The Hall–Kier alpha value is -0.190. The van der Waals surface area contributed by atoms with Gasteiger partial charge in [-0.25, -0.2) is 0 Å². The molecule has 2 unspecified atom stereocenters. The summed E-state index contributed by atoms with van der Waals surface area (Å²) in [6, 6.07) is 1.65. The number of Topliss-reactive ketones (excluding diaryl/α,β-unsaturated/α-hetero) is 1. The van der Waals surface area contributed by atoms with Crippen LogP contribution in [0.1, 0.15) is 25.1 Å². The van der Waals surface area contributed by atoms with E-state index < -0.39 is 0 Å². The Morgan fingerprint density at radius 1 is 1.67 bits per heavy atom. The molecule has 2 atom stereocenters. The van der Waals surface area contributed by atoms with Gasteiger partial charge < -0.3 is 5.73 Å². The number of rotatable bonds is 5. The van der Waals surface area contributed by atoms with E-state index in [0.717, 1.165) is 15.8 Å². The standard InChI is InChI=1S/C11H16BrNOS/c1-3-7(2)11(13)10(14)5-9-4-8(12)6-15-9/h4,6-7,11H,3,5,13H2,1-2H3. The minimum absolute atomic E-state index is 0.138. The second-order valence-corrected chi connectivity index (χ2v) is 5.70. The lowest BCUT2D eigenvalue weighted by atomic mass is 9.95. The molecule has 1 aromatic rings. The molecule has 0 aliphatic heterocycles. The van der Waals surface area contributed by atoms with Crippen molar-refractivity contribution in [2.24, 2.45) is 11.7 Å². The Kier molecular flexibility index (Phi) is 4.96. The van der Waals surface area contributed by atoms with Crippen molar-refractivity contribution in [2.45, 2.75) is 32.7 Å². The molecule has 0 aromatic carbocycles. The van der Waals surface area contributed by atoms with E-state index in [1.54, 1.807) is 11.3 Å². The second kappa shape index (κ2) is 5.77. The van der Waals surface area contributed by atoms with Gasteiger partial charge in [0.25, 0.3) is 0 Å². The van der Waals surface area contributed by atoms with Crippen LogP contribution in [0.15, 0.2) is 15.9 Å². The number of carbonyl (C=O) groups is 1. The first kappa shape index (κ1) is 12.9. The molecule has 15 heavy (non-hydrogen) atoms. The second-order valence-electron chi connectivity index (χ2n) is 3.79. The maximum atomic E-state index is 11.8. The smallest absolute Gasteiger partial charge is 0.154 e. The first-order valence-corrected chi connectivity index (χ1v) is 6.73. The average molecular weight is 290 g/mol. The lowest BCUT2D eigenvalue weighted by molar-refractivity contribution is -0.120. The number of halogens is 1. The fourth-order valence-corrected chi connectivity index (χ4v) is 2.77. The Morgan fingerprint density at radius 3 is 2.80 bits per heavy atom. The van der Waals surface area contributed by atoms with Gasteiger partial charge in [-0.15, -0.1) is 11.3 Å². The number of nitrogens with two attached hydrogens (primary N) is 1. The number of thiophene rings is 1. The number of hydrogen-bond donors (Lipinski definition) is 1. The molecule has 0 amide bonds. The molecule has 0 aliphatic rings. The number of hydrogen-bond acceptors (Lipinski definition) is 3. The summed E-state index contributed by atoms with van der Waals surface area (Å²) in [6.45, 7) is 4.08. The maximum absolute atomic E-state index is 11.8. The lowest BCUT2D eigenvalue weighted by Crippen LogP contribution is -2.37. The van der Waals surface area contributed by atoms with Gasteiger partial charge in [0.05, 0.1) is 6.04 Å². The molecule has 1 rings (SSSR count). The summed E-state index contributed by atoms with van der Waals surface area (Å²) in [7, 11) is 0. The van der Waals surface area contributed by atoms with E-state index in [0.29, 0.717) is 6.42 Å². The zero-order valence-electron chi connectivity index (χ0n) is 9.00. The van der Waals surface area contributed by atoms with Crippen molar-refractivity contribution in [1.82, 2.24) is 0 Å². The molecule has 1 heterocycles. The van der Waals surface area contributed by atoms with Gasteiger partial charge in [0, 0.05) is 21.2 Å². The summed E-state index contributed by atoms with van der Waals surface area (Å²) in [5, 5.41) is 1.98. The highest BCUT2D eigenvalue weighted by Crippen LogP contribution is 2.21. The quantitative estimate of drug-likeness (QED) is 0.906. The first-order valence-electron chi connectivity index (χ1n) is 5.05. The molecule has 2 nitrogen and oxygen atoms in total. The fraction of sp³-hybridized carbons (Fsp3) is 0.545. The third-order valence-corrected chi connectivity index (χ3v) is 4.30. The molecule has 0 saturated carbocycles. The van der Waals surface area contributed by atoms with Crippen LogP contribution < -0.4 is 5.73 Å². The summed E-state index contributed by atoms with van der Waals surface area (Å²) >= 11 is 4.96. The van der Waals surface area contributed by atoms with Crippen LogP contribution in [0.5, 0.6) is 0 Å². The molecule has 0 radical (unpaired) electrons. The third-order valence-electron chi connectivity index (χ3n) is 2.60. The van der Waals surface area contributed by atoms with Crippen molar-refractivity contribution in [3.05, 3.63) is 20.8 Å². The number of carbonyl (C=O) groups excluding carboxylic acids is 1. The molecule has 0 spiro atoms. The van der Waals surface area contributed by atoms with Crippen LogP contribution in [0.2, 0.25) is 0 Å². The van der Waals surface area contributed by atoms with Gasteiger partial charge in [-0.1, -0.05) is 20.3 Å². The van der Waals surface area contributed by atoms with Crippen LogP contribution in [-0.4, -0.2) is 11.8 Å². The molecular formula is C11H16BrNOS. The molecule has 84 valence electrons. The van der Waals surface area contributed by atoms with Gasteiger partial charge in [-0.3, -0.25) is 4.79 Å². The molecule has 0 fully saturated rings. The van der Waals surface area contributed by atoms with E-state index in [2.05, 4.69) is 22.9 Å². The summed E-state index contributed by atoms with van der Waals surface area (Å²) in [4.78, 5) is 12.9. The third kappa shape index (κ3) is 3.70. The van der Waals surface area contributed by atoms with Gasteiger partial charge >= 0.3 is 0 Å². The van der Waals surface area contributed by atoms with Crippen molar-refractivity contribution in [3.63, 3.8) is 0 Å². The van der Waals surface area contributed by atoms with Crippen molar-refractivity contribution < 1.29 is 4.79 Å². The van der Waals surface area contributed by atoms with Crippen LogP contribution >= 0.6 is 27.3 Å². The Bertz CT molecular complexity index is 337. The van der Waals surface area contributed by atoms with Gasteiger partial charge in [-0.05, 0) is 27.9 Å². The van der Waals surface area contributed by atoms with E-state index in [9.17, 15) is 4.79 Å². The van der Waals surface area contributed by atoms with Crippen LogP contribution in [0.25, 0.3) is 0 Å². The minimum Gasteiger partial charge on any atom is -0.321 e. The van der Waals surface area contributed by atoms with E-state index in [1.807, 2.05) is 18.4 Å². The van der Waals surface area contributed by atoms with Crippen molar-refractivity contribution in [3.8, 4) is 0 Å². The largest absolute Gasteiger partial charge is 0.321 e. The van der Waals surface area contributed by atoms with E-state index in [-0.39, 0.29) is 17.7 Å². The molecule has 2 N–H and O–H groups in total. The molecule has 0 aliphatic carbocycles. The van der Waals surface area contributed by atoms with Crippen molar-refractivity contribution in [2.75, 3.05) is 0 Å². The van der Waals surface area contributed by atoms with Crippen molar-refractivity contribution >= 4 is 33.0 Å². The summed E-state index contributed by atoms with van der Waals surface area (Å²) in [6.07, 6.45) is 1.41. The monoisotopic (exact) mass is 289 g/mol. The number of ketones is 1. The average Bonchev–Trinajstić information content (AvgIpc) is 2.61. The van der Waals surface area contributed by atoms with Crippen LogP contribution in [0.4, 0.5) is 0 Å². The zero-order valence-corrected chi connectivity index (χ0v) is 11.4. The van der Waals surface area contributed by atoms with Crippen LogP contribution in [0, 0.1) is 5.92 Å². The Labute approximate surface area is 103 Å². The maximum Gasteiger partial charge on any atom is 0.154 e. The normalized spacial score (nSPS) is 14.9. The van der Waals surface area contributed by atoms with E-state index in [1.165, 1.54) is 0 Å². The summed E-state index contributed by atoms with van der Waals surface area (Å²) in [5.41, 5.74) is 5.87. The molecule has 1 aromatic heterocycles. The molecular weight excluding hydrogens is 274 g/mol. The van der Waals surface area contributed by atoms with Gasteiger partial charge in [0.15, 0.2) is 5.78 Å².